The molecule has 0 spiro atoms. The summed E-state index contributed by atoms with van der Waals surface area (Å²) >= 11 is 0. The molecule has 136 valence electrons. The molecule has 7 nitrogen and oxygen atoms in total. The van der Waals surface area contributed by atoms with Gasteiger partial charge >= 0.3 is 0 Å². The quantitative estimate of drug-likeness (QED) is 0.854. The number of aromatic nitrogens is 1. The van der Waals surface area contributed by atoms with Crippen molar-refractivity contribution >= 4 is 27.3 Å². The molecule has 1 aliphatic heterocycles. The molecule has 1 amide bonds. The minimum atomic E-state index is -3.35. The summed E-state index contributed by atoms with van der Waals surface area (Å²) in [5.74, 6) is -0.0380. The number of hydrogen-bond acceptors (Lipinski definition) is 4. The first-order valence-corrected chi connectivity index (χ1v) is 10.3. The Bertz CT molecular complexity index is 1050. The molecule has 2 heterocycles. The van der Waals surface area contributed by atoms with Crippen molar-refractivity contribution in [2.75, 3.05) is 22.4 Å². The summed E-state index contributed by atoms with van der Waals surface area (Å²) in [7, 11) is -3.35. The van der Waals surface area contributed by atoms with Crippen LogP contribution in [0.3, 0.4) is 0 Å². The molecule has 26 heavy (non-hydrogen) atoms. The van der Waals surface area contributed by atoms with E-state index in [2.05, 4.69) is 10.3 Å². The fraction of sp³-hybridized carbons (Fsp3) is 0.333. The van der Waals surface area contributed by atoms with Crippen LogP contribution in [0.5, 0.6) is 0 Å². The molecule has 0 radical (unpaired) electrons. The molecule has 1 aliphatic carbocycles. The topological polar surface area (TPSA) is 99.3 Å². The number of aromatic amines is 1. The van der Waals surface area contributed by atoms with Crippen LogP contribution in [0.4, 0.5) is 11.4 Å². The predicted molar refractivity (Wildman–Crippen MR) is 99.3 cm³/mol. The Balaban J connectivity index is 1.64. The first kappa shape index (κ1) is 16.8. The van der Waals surface area contributed by atoms with Crippen molar-refractivity contribution in [1.29, 1.82) is 0 Å². The lowest BCUT2D eigenvalue weighted by Crippen LogP contribution is -2.27. The number of pyridine rings is 1. The van der Waals surface area contributed by atoms with Crippen LogP contribution in [0.25, 0.3) is 0 Å². The summed E-state index contributed by atoms with van der Waals surface area (Å²) in [5, 5.41) is 2.83. The smallest absolute Gasteiger partial charge is 0.255 e. The van der Waals surface area contributed by atoms with Gasteiger partial charge in [0, 0.05) is 35.1 Å². The van der Waals surface area contributed by atoms with Crippen molar-refractivity contribution in [3.63, 3.8) is 0 Å². The van der Waals surface area contributed by atoms with Crippen LogP contribution in [0.15, 0.2) is 35.1 Å². The maximum Gasteiger partial charge on any atom is 0.255 e. The van der Waals surface area contributed by atoms with Crippen LogP contribution in [0.2, 0.25) is 0 Å². The van der Waals surface area contributed by atoms with Gasteiger partial charge in [-0.05, 0) is 43.4 Å². The van der Waals surface area contributed by atoms with Gasteiger partial charge in [0.15, 0.2) is 0 Å². The van der Waals surface area contributed by atoms with Crippen LogP contribution in [0, 0.1) is 0 Å². The number of rotatable bonds is 4. The molecule has 1 saturated carbocycles. The molecule has 1 fully saturated rings. The molecular formula is C18H19N3O4S. The lowest BCUT2D eigenvalue weighted by molar-refractivity contribution is 0.102. The van der Waals surface area contributed by atoms with Gasteiger partial charge in [-0.15, -0.1) is 0 Å². The monoisotopic (exact) mass is 373 g/mol. The zero-order valence-corrected chi connectivity index (χ0v) is 15.1. The first-order valence-electron chi connectivity index (χ1n) is 8.48. The normalized spacial score (nSPS) is 16.4. The SMILES string of the molecule is CS(=O)(=O)N1CCc2c(NC(=O)c3cc(C4CC4)[nH]c(=O)c3)cccc21. The molecule has 0 unspecified atom stereocenters. The van der Waals surface area contributed by atoms with Crippen LogP contribution in [-0.4, -0.2) is 32.1 Å². The second-order valence-corrected chi connectivity index (χ2v) is 8.71. The van der Waals surface area contributed by atoms with Crippen LogP contribution in [0.1, 0.15) is 40.4 Å². The number of amides is 1. The van der Waals surface area contributed by atoms with Gasteiger partial charge in [0.2, 0.25) is 15.6 Å². The van der Waals surface area contributed by atoms with E-state index in [1.165, 1.54) is 16.6 Å². The average Bonchev–Trinajstić information content (AvgIpc) is 3.32. The van der Waals surface area contributed by atoms with E-state index in [0.29, 0.717) is 35.8 Å². The van der Waals surface area contributed by atoms with Gasteiger partial charge in [0.05, 0.1) is 11.9 Å². The van der Waals surface area contributed by atoms with Crippen molar-refractivity contribution in [2.45, 2.75) is 25.2 Å². The van der Waals surface area contributed by atoms with Crippen molar-refractivity contribution in [3.05, 3.63) is 57.5 Å². The summed E-state index contributed by atoms with van der Waals surface area (Å²) in [6.45, 7) is 0.359. The minimum absolute atomic E-state index is 0.291. The summed E-state index contributed by atoms with van der Waals surface area (Å²) in [6.07, 6.45) is 3.74. The molecular weight excluding hydrogens is 354 g/mol. The largest absolute Gasteiger partial charge is 0.326 e. The molecule has 2 N–H and O–H groups in total. The fourth-order valence-electron chi connectivity index (χ4n) is 3.37. The van der Waals surface area contributed by atoms with E-state index in [0.717, 1.165) is 24.1 Å². The summed E-state index contributed by atoms with van der Waals surface area (Å²) < 4.78 is 25.1. The highest BCUT2D eigenvalue weighted by molar-refractivity contribution is 7.92. The van der Waals surface area contributed by atoms with Gasteiger partial charge in [-0.1, -0.05) is 6.07 Å². The Kier molecular flexibility index (Phi) is 3.87. The number of carbonyl (C=O) groups is 1. The molecule has 0 bridgehead atoms. The van der Waals surface area contributed by atoms with Crippen molar-refractivity contribution in [3.8, 4) is 0 Å². The van der Waals surface area contributed by atoms with E-state index in [1.807, 2.05) is 0 Å². The van der Waals surface area contributed by atoms with Gasteiger partial charge in [-0.2, -0.15) is 0 Å². The number of benzene rings is 1. The maximum absolute atomic E-state index is 12.6. The van der Waals surface area contributed by atoms with Gasteiger partial charge in [0.1, 0.15) is 0 Å². The van der Waals surface area contributed by atoms with E-state index in [9.17, 15) is 18.0 Å². The number of nitrogens with zero attached hydrogens (tertiary/aromatic N) is 1. The zero-order chi connectivity index (χ0) is 18.5. The van der Waals surface area contributed by atoms with Gasteiger partial charge in [-0.25, -0.2) is 8.42 Å². The minimum Gasteiger partial charge on any atom is -0.326 e. The Morgan fingerprint density at radius 1 is 1.27 bits per heavy atom. The van der Waals surface area contributed by atoms with Gasteiger partial charge < -0.3 is 10.3 Å². The van der Waals surface area contributed by atoms with E-state index in [-0.39, 0.29) is 11.5 Å². The molecule has 0 atom stereocenters. The molecule has 0 saturated heterocycles. The third kappa shape index (κ3) is 3.12. The Morgan fingerprint density at radius 2 is 2.04 bits per heavy atom. The molecule has 1 aromatic carbocycles. The third-order valence-electron chi connectivity index (χ3n) is 4.78. The molecule has 1 aromatic heterocycles. The number of hydrogen-bond donors (Lipinski definition) is 2. The highest BCUT2D eigenvalue weighted by Gasteiger charge is 2.29. The van der Waals surface area contributed by atoms with Crippen molar-refractivity contribution in [2.24, 2.45) is 0 Å². The van der Waals surface area contributed by atoms with E-state index in [4.69, 9.17) is 0 Å². The number of H-pyrrole nitrogens is 1. The van der Waals surface area contributed by atoms with Gasteiger partial charge in [-0.3, -0.25) is 13.9 Å². The molecule has 2 aliphatic rings. The Morgan fingerprint density at radius 3 is 2.73 bits per heavy atom. The second-order valence-electron chi connectivity index (χ2n) is 6.81. The highest BCUT2D eigenvalue weighted by Crippen LogP contribution is 2.39. The van der Waals surface area contributed by atoms with E-state index >= 15 is 0 Å². The van der Waals surface area contributed by atoms with E-state index in [1.54, 1.807) is 24.3 Å². The zero-order valence-electron chi connectivity index (χ0n) is 14.3. The maximum atomic E-state index is 12.6. The summed E-state index contributed by atoms with van der Waals surface area (Å²) in [6, 6.07) is 8.20. The average molecular weight is 373 g/mol. The number of carbonyl (C=O) groups excluding carboxylic acids is 1. The third-order valence-corrected chi connectivity index (χ3v) is 5.96. The molecule has 4 rings (SSSR count). The lowest BCUT2D eigenvalue weighted by atomic mass is 10.1. The van der Waals surface area contributed by atoms with E-state index < -0.39 is 10.0 Å². The van der Waals surface area contributed by atoms with Crippen LogP contribution in [-0.2, 0) is 16.4 Å². The number of anilines is 2. The highest BCUT2D eigenvalue weighted by atomic mass is 32.2. The first-order chi connectivity index (χ1) is 12.3. The van der Waals surface area contributed by atoms with Crippen molar-refractivity contribution < 1.29 is 13.2 Å². The molecule has 8 heteroatoms. The van der Waals surface area contributed by atoms with Crippen molar-refractivity contribution in [1.82, 2.24) is 4.98 Å². The Hall–Kier alpha value is -2.61. The van der Waals surface area contributed by atoms with Crippen LogP contribution >= 0.6 is 0 Å². The summed E-state index contributed by atoms with van der Waals surface area (Å²) in [5.41, 5.74) is 2.77. The Labute approximate surface area is 151 Å². The standard InChI is InChI=1S/C18H19N3O4S/c1-26(24,25)21-8-7-13-14(3-2-4-16(13)21)20-18(23)12-9-15(11-5-6-11)19-17(22)10-12/h2-4,9-11H,5-8H2,1H3,(H,19,22)(H,20,23). The number of nitrogens with one attached hydrogen (secondary N) is 2. The van der Waals surface area contributed by atoms with Gasteiger partial charge in [0.25, 0.3) is 5.91 Å². The predicted octanol–water partition coefficient (Wildman–Crippen LogP) is 1.83. The summed E-state index contributed by atoms with van der Waals surface area (Å²) in [4.78, 5) is 27.3. The second kappa shape index (κ2) is 5.98. The number of sulfonamides is 1. The fourth-order valence-corrected chi connectivity index (χ4v) is 4.32. The molecule has 2 aromatic rings. The van der Waals surface area contributed by atoms with Crippen LogP contribution < -0.4 is 15.2 Å². The lowest BCUT2D eigenvalue weighted by Gasteiger charge is -2.17. The number of fused-ring (bicyclic) bond motifs is 1.